The van der Waals surface area contributed by atoms with Gasteiger partial charge in [-0.25, -0.2) is 0 Å². The van der Waals surface area contributed by atoms with E-state index in [0.29, 0.717) is 23.3 Å². The van der Waals surface area contributed by atoms with E-state index in [4.69, 9.17) is 13.9 Å². The van der Waals surface area contributed by atoms with Gasteiger partial charge in [0.1, 0.15) is 40.1 Å². The predicted molar refractivity (Wildman–Crippen MR) is 125 cm³/mol. The third-order valence-corrected chi connectivity index (χ3v) is 5.52. The van der Waals surface area contributed by atoms with Crippen LogP contribution < -0.4 is 14.9 Å². The molecular weight excluding hydrogens is 424 g/mol. The van der Waals surface area contributed by atoms with E-state index in [1.54, 1.807) is 6.08 Å². The summed E-state index contributed by atoms with van der Waals surface area (Å²) >= 11 is 0. The second kappa shape index (κ2) is 8.24. The molecule has 2 aromatic carbocycles. The van der Waals surface area contributed by atoms with E-state index in [0.717, 1.165) is 17.2 Å². The molecular formula is C26H26O7. The van der Waals surface area contributed by atoms with Crippen LogP contribution in [0.15, 0.2) is 50.7 Å². The van der Waals surface area contributed by atoms with Crippen molar-refractivity contribution in [2.75, 3.05) is 7.11 Å². The third-order valence-electron chi connectivity index (χ3n) is 5.52. The van der Waals surface area contributed by atoms with Crippen molar-refractivity contribution in [2.45, 2.75) is 40.2 Å². The lowest BCUT2D eigenvalue weighted by Crippen LogP contribution is -2.22. The highest BCUT2D eigenvalue weighted by Crippen LogP contribution is 2.48. The highest BCUT2D eigenvalue weighted by atomic mass is 16.5. The smallest absolute Gasteiger partial charge is 0.204 e. The Labute approximate surface area is 190 Å². The Bertz CT molecular complexity index is 1380. The van der Waals surface area contributed by atoms with Crippen LogP contribution in [0.5, 0.6) is 28.7 Å². The number of phenolic OH excluding ortho intramolecular Hbond substituents is 3. The number of methoxy groups -OCH3 is 1. The second-order valence-corrected chi connectivity index (χ2v) is 8.56. The summed E-state index contributed by atoms with van der Waals surface area (Å²) < 4.78 is 17.6. The molecule has 33 heavy (non-hydrogen) atoms. The van der Waals surface area contributed by atoms with E-state index in [9.17, 15) is 20.1 Å². The molecule has 0 spiro atoms. The third kappa shape index (κ3) is 3.80. The largest absolute Gasteiger partial charge is 0.507 e. The molecule has 1 aliphatic heterocycles. The zero-order valence-corrected chi connectivity index (χ0v) is 19.1. The zero-order valence-electron chi connectivity index (χ0n) is 19.1. The highest BCUT2D eigenvalue weighted by molar-refractivity contribution is 5.91. The Kier molecular flexibility index (Phi) is 5.57. The van der Waals surface area contributed by atoms with Crippen molar-refractivity contribution in [3.05, 3.63) is 62.8 Å². The lowest BCUT2D eigenvalue weighted by molar-refractivity contribution is 0.242. The van der Waals surface area contributed by atoms with Gasteiger partial charge in [-0.3, -0.25) is 4.79 Å². The van der Waals surface area contributed by atoms with Crippen LogP contribution in [-0.2, 0) is 6.42 Å². The Hall–Kier alpha value is -3.87. The first-order valence-corrected chi connectivity index (χ1v) is 10.5. The second-order valence-electron chi connectivity index (χ2n) is 8.56. The average Bonchev–Trinajstić information content (AvgIpc) is 2.72. The zero-order chi connectivity index (χ0) is 24.0. The van der Waals surface area contributed by atoms with Crippen LogP contribution in [0.1, 0.15) is 44.9 Å². The van der Waals surface area contributed by atoms with E-state index in [2.05, 4.69) is 0 Å². The van der Waals surface area contributed by atoms with Crippen LogP contribution >= 0.6 is 0 Å². The van der Waals surface area contributed by atoms with Gasteiger partial charge >= 0.3 is 0 Å². The molecule has 3 aromatic rings. The number of aromatic hydroxyl groups is 3. The van der Waals surface area contributed by atoms with Gasteiger partial charge in [-0.15, -0.1) is 0 Å². The highest BCUT2D eigenvalue weighted by Gasteiger charge is 2.33. The molecule has 1 aromatic heterocycles. The summed E-state index contributed by atoms with van der Waals surface area (Å²) in [6, 6.07) is 4.11. The van der Waals surface area contributed by atoms with Gasteiger partial charge in [-0.1, -0.05) is 17.2 Å². The van der Waals surface area contributed by atoms with Crippen molar-refractivity contribution in [2.24, 2.45) is 0 Å². The Balaban J connectivity index is 2.14. The Morgan fingerprint density at radius 2 is 1.76 bits per heavy atom. The minimum Gasteiger partial charge on any atom is -0.507 e. The topological polar surface area (TPSA) is 109 Å². The van der Waals surface area contributed by atoms with E-state index >= 15 is 0 Å². The summed E-state index contributed by atoms with van der Waals surface area (Å²) in [6.07, 6.45) is 3.21. The van der Waals surface area contributed by atoms with Crippen LogP contribution in [-0.4, -0.2) is 22.4 Å². The quantitative estimate of drug-likeness (QED) is 0.451. The first-order chi connectivity index (χ1) is 15.6. The molecule has 1 atom stereocenters. The summed E-state index contributed by atoms with van der Waals surface area (Å²) in [7, 11) is 1.43. The molecule has 0 saturated heterocycles. The molecule has 0 fully saturated rings. The SMILES string of the molecule is COc1cc2c(cc1O)-c1oc3c(CC=C(C)C)c(O)cc(O)c3c(=O)c1[C@H](C=C(C)C)O2. The van der Waals surface area contributed by atoms with Gasteiger partial charge in [0.15, 0.2) is 11.5 Å². The van der Waals surface area contributed by atoms with Crippen molar-refractivity contribution in [1.82, 2.24) is 0 Å². The summed E-state index contributed by atoms with van der Waals surface area (Å²) in [6.45, 7) is 7.61. The van der Waals surface area contributed by atoms with Crippen LogP contribution in [0.25, 0.3) is 22.3 Å². The van der Waals surface area contributed by atoms with Gasteiger partial charge in [0.25, 0.3) is 0 Å². The van der Waals surface area contributed by atoms with E-state index in [1.165, 1.54) is 19.2 Å². The van der Waals surface area contributed by atoms with Crippen molar-refractivity contribution in [1.29, 1.82) is 0 Å². The lowest BCUT2D eigenvalue weighted by Gasteiger charge is -2.27. The normalized spacial score (nSPS) is 14.2. The molecule has 0 saturated carbocycles. The molecule has 3 N–H and O–H groups in total. The molecule has 7 heteroatoms. The van der Waals surface area contributed by atoms with Crippen LogP contribution in [0.3, 0.4) is 0 Å². The van der Waals surface area contributed by atoms with Crippen LogP contribution in [0.4, 0.5) is 0 Å². The first kappa shape index (κ1) is 22.3. The molecule has 0 amide bonds. The molecule has 0 aliphatic carbocycles. The standard InChI is InChI=1S/C26H26O7/c1-12(2)6-7-14-16(27)10-18(29)22-24(30)23-21(8-13(3)4)32-19-11-20(31-5)17(28)9-15(19)26(23)33-25(14)22/h6,8-11,21,27-29H,7H2,1-5H3/t21-/m0/s1. The van der Waals surface area contributed by atoms with Gasteiger partial charge in [0, 0.05) is 17.7 Å². The summed E-state index contributed by atoms with van der Waals surface area (Å²) in [4.78, 5) is 13.7. The molecule has 0 radical (unpaired) electrons. The number of allylic oxidation sites excluding steroid dienone is 3. The predicted octanol–water partition coefficient (Wildman–Crippen LogP) is 5.49. The van der Waals surface area contributed by atoms with Gasteiger partial charge < -0.3 is 29.2 Å². The van der Waals surface area contributed by atoms with Crippen molar-refractivity contribution < 1.29 is 29.2 Å². The maximum atomic E-state index is 13.7. The number of rotatable bonds is 4. The molecule has 0 bridgehead atoms. The molecule has 4 rings (SSSR count). The number of benzene rings is 2. The van der Waals surface area contributed by atoms with E-state index in [-0.39, 0.29) is 45.3 Å². The number of hydrogen-bond acceptors (Lipinski definition) is 7. The van der Waals surface area contributed by atoms with Crippen molar-refractivity contribution in [3.8, 4) is 40.1 Å². The lowest BCUT2D eigenvalue weighted by atomic mass is 9.94. The molecule has 0 unspecified atom stereocenters. The average molecular weight is 450 g/mol. The fourth-order valence-corrected chi connectivity index (χ4v) is 3.97. The molecule has 7 nitrogen and oxygen atoms in total. The van der Waals surface area contributed by atoms with Gasteiger partial charge in [0.05, 0.1) is 18.2 Å². The van der Waals surface area contributed by atoms with Crippen molar-refractivity contribution >= 4 is 11.0 Å². The summed E-state index contributed by atoms with van der Waals surface area (Å²) in [5.41, 5.74) is 2.52. The van der Waals surface area contributed by atoms with Gasteiger partial charge in [-0.2, -0.15) is 0 Å². The number of hydrogen-bond donors (Lipinski definition) is 3. The fourth-order valence-electron chi connectivity index (χ4n) is 3.97. The minimum absolute atomic E-state index is 0.0272. The van der Waals surface area contributed by atoms with Gasteiger partial charge in [0.2, 0.25) is 5.43 Å². The monoisotopic (exact) mass is 450 g/mol. The maximum Gasteiger partial charge on any atom is 0.204 e. The molecule has 1 aliphatic rings. The maximum absolute atomic E-state index is 13.7. The Morgan fingerprint density at radius 1 is 1.03 bits per heavy atom. The van der Waals surface area contributed by atoms with Crippen LogP contribution in [0, 0.1) is 0 Å². The van der Waals surface area contributed by atoms with Crippen molar-refractivity contribution in [3.63, 3.8) is 0 Å². The van der Waals surface area contributed by atoms with Gasteiger partial charge in [-0.05, 0) is 46.3 Å². The summed E-state index contributed by atoms with van der Waals surface area (Å²) in [5, 5.41) is 31.4. The first-order valence-electron chi connectivity index (χ1n) is 10.5. The van der Waals surface area contributed by atoms with E-state index in [1.807, 2.05) is 33.8 Å². The fraction of sp³-hybridized carbons (Fsp3) is 0.269. The Morgan fingerprint density at radius 3 is 2.39 bits per heavy atom. The minimum atomic E-state index is -0.776. The number of fused-ring (bicyclic) bond motifs is 4. The summed E-state index contributed by atoms with van der Waals surface area (Å²) in [5.74, 6) is 0.106. The number of phenols is 3. The number of ether oxygens (including phenoxy) is 2. The molecule has 2 heterocycles. The molecule has 172 valence electrons. The van der Waals surface area contributed by atoms with E-state index < -0.39 is 11.5 Å². The van der Waals surface area contributed by atoms with Crippen LogP contribution in [0.2, 0.25) is 0 Å².